The Hall–Kier alpha value is -5.04. The van der Waals surface area contributed by atoms with Crippen molar-refractivity contribution < 1.29 is 28.7 Å². The summed E-state index contributed by atoms with van der Waals surface area (Å²) < 4.78 is 22.2. The fourth-order valence-corrected chi connectivity index (χ4v) is 4.52. The third-order valence-corrected chi connectivity index (χ3v) is 6.56. The Balaban J connectivity index is 1.44. The molecule has 212 valence electrons. The topological polar surface area (TPSA) is 147 Å². The van der Waals surface area contributed by atoms with Crippen LogP contribution in [0, 0.1) is 21.4 Å². The van der Waals surface area contributed by atoms with E-state index in [1.165, 1.54) is 43.5 Å². The van der Waals surface area contributed by atoms with Crippen molar-refractivity contribution >= 4 is 11.7 Å². The maximum Gasteiger partial charge on any atom is 0.349 e. The second-order valence-electron chi connectivity index (χ2n) is 9.44. The Labute approximate surface area is 238 Å². The zero-order chi connectivity index (χ0) is 29.2. The van der Waals surface area contributed by atoms with Gasteiger partial charge in [0.1, 0.15) is 28.9 Å². The molecular formula is C31H31N3O7. The largest absolute Gasteiger partial charge is 0.494 e. The standard InChI is InChI=1S/C31H31N3O7/c1-2-3-4-5-8-17-38-22-13-11-21(12-14-22)30-24-16-15-23(18-28(24)41-31(33)25(30)19-32)40-29(35)20-39-27-10-7-6-9-26(27)34(36)37/h6-7,9-16,18,30H,2-5,8,17,20,33H2,1H3. The molecule has 0 saturated carbocycles. The van der Waals surface area contributed by atoms with Gasteiger partial charge in [0.2, 0.25) is 5.88 Å². The number of fused-ring (bicyclic) bond motifs is 1. The summed E-state index contributed by atoms with van der Waals surface area (Å²) in [7, 11) is 0. The Morgan fingerprint density at radius 2 is 1.76 bits per heavy atom. The second-order valence-corrected chi connectivity index (χ2v) is 9.44. The lowest BCUT2D eigenvalue weighted by Gasteiger charge is -2.26. The van der Waals surface area contributed by atoms with Crippen molar-refractivity contribution in [2.75, 3.05) is 13.2 Å². The van der Waals surface area contributed by atoms with Gasteiger partial charge in [-0.15, -0.1) is 0 Å². The number of para-hydroxylation sites is 2. The molecule has 0 aliphatic carbocycles. The normalized spacial score (nSPS) is 13.9. The number of nitro groups is 1. The first-order chi connectivity index (χ1) is 19.9. The minimum absolute atomic E-state index is 0.0411. The molecule has 10 heteroatoms. The number of nitro benzene ring substituents is 1. The summed E-state index contributed by atoms with van der Waals surface area (Å²) in [6.45, 7) is 2.29. The van der Waals surface area contributed by atoms with Crippen LogP contribution in [0.3, 0.4) is 0 Å². The molecule has 0 amide bonds. The van der Waals surface area contributed by atoms with Crippen molar-refractivity contribution in [3.63, 3.8) is 0 Å². The number of allylic oxidation sites excluding steroid dienone is 1. The first kappa shape index (κ1) is 29.0. The van der Waals surface area contributed by atoms with E-state index in [-0.39, 0.29) is 28.6 Å². The van der Waals surface area contributed by atoms with Crippen LogP contribution in [0.2, 0.25) is 0 Å². The lowest BCUT2D eigenvalue weighted by atomic mass is 9.83. The van der Waals surface area contributed by atoms with Gasteiger partial charge in [0.15, 0.2) is 12.4 Å². The van der Waals surface area contributed by atoms with Crippen LogP contribution in [0.5, 0.6) is 23.0 Å². The molecule has 4 rings (SSSR count). The fraction of sp³-hybridized carbons (Fsp3) is 0.290. The van der Waals surface area contributed by atoms with Crippen molar-refractivity contribution in [1.29, 1.82) is 5.26 Å². The van der Waals surface area contributed by atoms with E-state index in [0.717, 1.165) is 24.2 Å². The summed E-state index contributed by atoms with van der Waals surface area (Å²) >= 11 is 0. The molecule has 10 nitrogen and oxygen atoms in total. The number of hydrogen-bond donors (Lipinski definition) is 1. The quantitative estimate of drug-likeness (QED) is 0.0859. The van der Waals surface area contributed by atoms with Crippen LogP contribution in [-0.2, 0) is 4.79 Å². The molecule has 1 atom stereocenters. The number of nitriles is 1. The molecule has 0 saturated heterocycles. The Morgan fingerprint density at radius 3 is 2.49 bits per heavy atom. The second kappa shape index (κ2) is 13.8. The van der Waals surface area contributed by atoms with Gasteiger partial charge < -0.3 is 24.7 Å². The highest BCUT2D eigenvalue weighted by Gasteiger charge is 2.31. The maximum absolute atomic E-state index is 12.4. The van der Waals surface area contributed by atoms with E-state index in [9.17, 15) is 20.2 Å². The number of rotatable bonds is 13. The van der Waals surface area contributed by atoms with E-state index < -0.39 is 23.4 Å². The Morgan fingerprint density at radius 1 is 1.02 bits per heavy atom. The third kappa shape index (κ3) is 7.33. The van der Waals surface area contributed by atoms with Gasteiger partial charge in [-0.2, -0.15) is 5.26 Å². The summed E-state index contributed by atoms with van der Waals surface area (Å²) in [5.74, 6) is -0.0936. The van der Waals surface area contributed by atoms with E-state index in [0.29, 0.717) is 17.9 Å². The van der Waals surface area contributed by atoms with Gasteiger partial charge in [0.05, 0.1) is 17.4 Å². The predicted octanol–water partition coefficient (Wildman–Crippen LogP) is 6.15. The SMILES string of the molecule is CCCCCCCOc1ccc(C2C(C#N)=C(N)Oc3cc(OC(=O)COc4ccccc4[N+](=O)[O-])ccc32)cc1. The minimum atomic E-state index is -0.766. The predicted molar refractivity (Wildman–Crippen MR) is 151 cm³/mol. The summed E-state index contributed by atoms with van der Waals surface area (Å²) in [6.07, 6.45) is 5.78. The van der Waals surface area contributed by atoms with Gasteiger partial charge in [0, 0.05) is 17.7 Å². The first-order valence-corrected chi connectivity index (χ1v) is 13.4. The molecule has 0 aromatic heterocycles. The number of esters is 1. The Bertz CT molecular complexity index is 1460. The molecule has 0 bridgehead atoms. The van der Waals surface area contributed by atoms with Crippen molar-refractivity contribution in [1.82, 2.24) is 0 Å². The molecule has 41 heavy (non-hydrogen) atoms. The van der Waals surface area contributed by atoms with Gasteiger partial charge in [-0.05, 0) is 36.2 Å². The van der Waals surface area contributed by atoms with E-state index >= 15 is 0 Å². The summed E-state index contributed by atoms with van der Waals surface area (Å²) in [6, 6.07) is 20.2. The molecule has 1 heterocycles. The van der Waals surface area contributed by atoms with E-state index in [2.05, 4.69) is 13.0 Å². The maximum atomic E-state index is 12.4. The minimum Gasteiger partial charge on any atom is -0.494 e. The number of hydrogen-bond acceptors (Lipinski definition) is 9. The van der Waals surface area contributed by atoms with Crippen LogP contribution >= 0.6 is 0 Å². The summed E-state index contributed by atoms with van der Waals surface area (Å²) in [5, 5.41) is 21.0. The van der Waals surface area contributed by atoms with Crippen molar-refractivity contribution in [3.8, 4) is 29.1 Å². The number of carbonyl (C=O) groups is 1. The molecule has 0 radical (unpaired) electrons. The van der Waals surface area contributed by atoms with Crippen LogP contribution in [0.1, 0.15) is 56.1 Å². The lowest BCUT2D eigenvalue weighted by Crippen LogP contribution is -2.21. The van der Waals surface area contributed by atoms with Crippen LogP contribution in [0.4, 0.5) is 5.69 Å². The van der Waals surface area contributed by atoms with Crippen LogP contribution < -0.4 is 24.7 Å². The smallest absolute Gasteiger partial charge is 0.349 e. The van der Waals surface area contributed by atoms with Crippen LogP contribution in [0.25, 0.3) is 0 Å². The van der Waals surface area contributed by atoms with Crippen molar-refractivity contribution in [2.45, 2.75) is 44.9 Å². The molecule has 3 aromatic rings. The van der Waals surface area contributed by atoms with Gasteiger partial charge in [-0.1, -0.05) is 62.9 Å². The van der Waals surface area contributed by atoms with Crippen LogP contribution in [-0.4, -0.2) is 24.1 Å². The average Bonchev–Trinajstić information content (AvgIpc) is 2.97. The monoisotopic (exact) mass is 557 g/mol. The zero-order valence-electron chi connectivity index (χ0n) is 22.7. The molecular weight excluding hydrogens is 526 g/mol. The highest BCUT2D eigenvalue weighted by molar-refractivity contribution is 5.74. The molecule has 2 N–H and O–H groups in total. The van der Waals surface area contributed by atoms with E-state index in [1.54, 1.807) is 18.2 Å². The highest BCUT2D eigenvalue weighted by Crippen LogP contribution is 2.43. The van der Waals surface area contributed by atoms with Gasteiger partial charge >= 0.3 is 11.7 Å². The number of nitrogens with two attached hydrogens (primary N) is 1. The number of unbranched alkanes of at least 4 members (excludes halogenated alkanes) is 4. The third-order valence-electron chi connectivity index (χ3n) is 6.56. The highest BCUT2D eigenvalue weighted by atomic mass is 16.6. The number of ether oxygens (including phenoxy) is 4. The molecule has 1 aliphatic heterocycles. The van der Waals surface area contributed by atoms with Gasteiger partial charge in [-0.25, -0.2) is 4.79 Å². The summed E-state index contributed by atoms with van der Waals surface area (Å²) in [4.78, 5) is 23.0. The summed E-state index contributed by atoms with van der Waals surface area (Å²) in [5.41, 5.74) is 7.62. The van der Waals surface area contributed by atoms with Gasteiger partial charge in [0.25, 0.3) is 0 Å². The lowest BCUT2D eigenvalue weighted by molar-refractivity contribution is -0.385. The van der Waals surface area contributed by atoms with E-state index in [4.69, 9.17) is 24.7 Å². The zero-order valence-corrected chi connectivity index (χ0v) is 22.7. The fourth-order valence-electron chi connectivity index (χ4n) is 4.52. The molecule has 0 spiro atoms. The first-order valence-electron chi connectivity index (χ1n) is 13.4. The van der Waals surface area contributed by atoms with Crippen molar-refractivity contribution in [2.24, 2.45) is 5.73 Å². The number of carbonyl (C=O) groups excluding carboxylic acids is 1. The molecule has 0 fully saturated rings. The molecule has 3 aromatic carbocycles. The van der Waals surface area contributed by atoms with Crippen molar-refractivity contribution in [3.05, 3.63) is 99.4 Å². The molecule has 1 unspecified atom stereocenters. The van der Waals surface area contributed by atoms with Gasteiger partial charge in [-0.3, -0.25) is 10.1 Å². The number of nitrogens with zero attached hydrogens (tertiary/aromatic N) is 2. The Kier molecular flexibility index (Phi) is 9.78. The van der Waals surface area contributed by atoms with E-state index in [1.807, 2.05) is 24.3 Å². The molecule has 1 aliphatic rings. The van der Waals surface area contributed by atoms with Crippen LogP contribution in [0.15, 0.2) is 78.2 Å². The average molecular weight is 558 g/mol. The number of benzene rings is 3.